The van der Waals surface area contributed by atoms with Gasteiger partial charge in [0.15, 0.2) is 0 Å². The Balaban J connectivity index is 1.96. The summed E-state index contributed by atoms with van der Waals surface area (Å²) >= 11 is 0. The standard InChI is InChI=1S/C9H10F3NO3/c10-9(11,12)7(16)13-3-8(4-13)2-1-5(8)6(14)15/h5H,1-4H2,(H,14,15). The number of likely N-dealkylation sites (tertiary alicyclic amines) is 1. The van der Waals surface area contributed by atoms with Crippen LogP contribution in [0, 0.1) is 11.3 Å². The smallest absolute Gasteiger partial charge is 0.471 e. The molecule has 2 aliphatic rings. The van der Waals surface area contributed by atoms with Crippen molar-refractivity contribution in [1.29, 1.82) is 0 Å². The largest absolute Gasteiger partial charge is 0.481 e. The lowest BCUT2D eigenvalue weighted by Crippen LogP contribution is -2.68. The molecule has 1 heterocycles. The van der Waals surface area contributed by atoms with E-state index in [2.05, 4.69) is 0 Å². The minimum atomic E-state index is -4.86. The summed E-state index contributed by atoms with van der Waals surface area (Å²) in [7, 11) is 0. The molecule has 1 aliphatic carbocycles. The molecule has 1 unspecified atom stereocenters. The van der Waals surface area contributed by atoms with E-state index in [4.69, 9.17) is 5.11 Å². The normalized spacial score (nSPS) is 27.2. The highest BCUT2D eigenvalue weighted by Crippen LogP contribution is 2.53. The van der Waals surface area contributed by atoms with Crippen molar-refractivity contribution >= 4 is 11.9 Å². The summed E-state index contributed by atoms with van der Waals surface area (Å²) in [6.07, 6.45) is -3.78. The van der Waals surface area contributed by atoms with Gasteiger partial charge in [0.2, 0.25) is 0 Å². The predicted octanol–water partition coefficient (Wildman–Crippen LogP) is 0.872. The van der Waals surface area contributed by atoms with Crippen LogP contribution in [-0.4, -0.2) is 41.1 Å². The molecule has 2 rings (SSSR count). The molecular weight excluding hydrogens is 227 g/mol. The number of carboxylic acid groups (broad SMARTS) is 1. The number of carbonyl (C=O) groups is 2. The Hall–Kier alpha value is -1.27. The van der Waals surface area contributed by atoms with Gasteiger partial charge in [-0.2, -0.15) is 13.2 Å². The molecule has 0 aromatic heterocycles. The number of carbonyl (C=O) groups excluding carboxylic acids is 1. The summed E-state index contributed by atoms with van der Waals surface area (Å²) < 4.78 is 36.1. The summed E-state index contributed by atoms with van der Waals surface area (Å²) in [6, 6.07) is 0. The lowest BCUT2D eigenvalue weighted by Gasteiger charge is -2.59. The zero-order chi connectivity index (χ0) is 12.1. The van der Waals surface area contributed by atoms with Gasteiger partial charge in [0.1, 0.15) is 0 Å². The van der Waals surface area contributed by atoms with Crippen molar-refractivity contribution in [2.75, 3.05) is 13.1 Å². The lowest BCUT2D eigenvalue weighted by molar-refractivity contribution is -0.209. The predicted molar refractivity (Wildman–Crippen MR) is 45.4 cm³/mol. The maximum absolute atomic E-state index is 12.0. The fourth-order valence-electron chi connectivity index (χ4n) is 2.50. The van der Waals surface area contributed by atoms with Crippen LogP contribution in [0.5, 0.6) is 0 Å². The Labute approximate surface area is 89.0 Å². The van der Waals surface area contributed by atoms with E-state index in [1.165, 1.54) is 0 Å². The van der Waals surface area contributed by atoms with Gasteiger partial charge in [0.05, 0.1) is 5.92 Å². The summed E-state index contributed by atoms with van der Waals surface area (Å²) in [5.74, 6) is -3.44. The molecule has 1 aliphatic heterocycles. The van der Waals surface area contributed by atoms with E-state index in [1.54, 1.807) is 0 Å². The number of hydrogen-bond donors (Lipinski definition) is 1. The van der Waals surface area contributed by atoms with Crippen molar-refractivity contribution in [2.45, 2.75) is 19.0 Å². The van der Waals surface area contributed by atoms with Crippen molar-refractivity contribution in [3.63, 3.8) is 0 Å². The van der Waals surface area contributed by atoms with Gasteiger partial charge in [-0.3, -0.25) is 9.59 Å². The molecular formula is C9H10F3NO3. The molecule has 16 heavy (non-hydrogen) atoms. The molecule has 1 spiro atoms. The molecule has 1 saturated heterocycles. The molecule has 0 radical (unpaired) electrons. The molecule has 1 amide bonds. The van der Waals surface area contributed by atoms with E-state index in [9.17, 15) is 22.8 Å². The van der Waals surface area contributed by atoms with E-state index >= 15 is 0 Å². The molecule has 7 heteroatoms. The highest BCUT2D eigenvalue weighted by atomic mass is 19.4. The van der Waals surface area contributed by atoms with Crippen LogP contribution in [0.4, 0.5) is 13.2 Å². The molecule has 1 atom stereocenters. The van der Waals surface area contributed by atoms with Gasteiger partial charge in [-0.25, -0.2) is 0 Å². The molecule has 4 nitrogen and oxygen atoms in total. The average Bonchev–Trinajstić information content (AvgIpc) is 1.96. The summed E-state index contributed by atoms with van der Waals surface area (Å²) in [5.41, 5.74) is -0.591. The molecule has 1 saturated carbocycles. The van der Waals surface area contributed by atoms with Crippen molar-refractivity contribution in [1.82, 2.24) is 4.90 Å². The van der Waals surface area contributed by atoms with Crippen molar-refractivity contribution in [3.05, 3.63) is 0 Å². The van der Waals surface area contributed by atoms with E-state index in [1.807, 2.05) is 0 Å². The number of alkyl halides is 3. The fraction of sp³-hybridized carbons (Fsp3) is 0.778. The van der Waals surface area contributed by atoms with Crippen LogP contribution < -0.4 is 0 Å². The second kappa shape index (κ2) is 3.11. The van der Waals surface area contributed by atoms with E-state index in [0.717, 1.165) is 0 Å². The Morgan fingerprint density at radius 2 is 1.88 bits per heavy atom. The number of amides is 1. The number of halogens is 3. The Bertz CT molecular complexity index is 346. The Morgan fingerprint density at radius 1 is 1.31 bits per heavy atom. The van der Waals surface area contributed by atoms with Crippen LogP contribution in [0.3, 0.4) is 0 Å². The van der Waals surface area contributed by atoms with Gasteiger partial charge in [-0.05, 0) is 12.8 Å². The molecule has 0 bridgehead atoms. The zero-order valence-electron chi connectivity index (χ0n) is 8.25. The Morgan fingerprint density at radius 3 is 2.19 bits per heavy atom. The van der Waals surface area contributed by atoms with Crippen molar-refractivity contribution in [3.8, 4) is 0 Å². The van der Waals surface area contributed by atoms with E-state index < -0.39 is 29.4 Å². The number of carboxylic acids is 1. The molecule has 0 aromatic rings. The van der Waals surface area contributed by atoms with Crippen molar-refractivity contribution in [2.24, 2.45) is 11.3 Å². The van der Waals surface area contributed by atoms with Gasteiger partial charge in [-0.1, -0.05) is 0 Å². The topological polar surface area (TPSA) is 57.6 Å². The minimum absolute atomic E-state index is 0.0810. The second-order valence-corrected chi connectivity index (χ2v) is 4.45. The highest BCUT2D eigenvalue weighted by molar-refractivity contribution is 5.83. The molecule has 1 N–H and O–H groups in total. The first-order chi connectivity index (χ1) is 7.26. The van der Waals surface area contributed by atoms with Gasteiger partial charge >= 0.3 is 18.1 Å². The first kappa shape index (κ1) is 11.2. The van der Waals surface area contributed by atoms with Crippen LogP contribution in [0.1, 0.15) is 12.8 Å². The van der Waals surface area contributed by atoms with E-state index in [-0.39, 0.29) is 13.1 Å². The maximum atomic E-state index is 12.0. The van der Waals surface area contributed by atoms with Crippen molar-refractivity contribution < 1.29 is 27.9 Å². The lowest BCUT2D eigenvalue weighted by atomic mass is 9.55. The fourth-order valence-corrected chi connectivity index (χ4v) is 2.50. The van der Waals surface area contributed by atoms with Crippen LogP contribution in [0.25, 0.3) is 0 Å². The molecule has 2 fully saturated rings. The third-order valence-electron chi connectivity index (χ3n) is 3.51. The van der Waals surface area contributed by atoms with Crippen LogP contribution in [-0.2, 0) is 9.59 Å². The summed E-state index contributed by atoms with van der Waals surface area (Å²) in [5, 5.41) is 8.79. The first-order valence-corrected chi connectivity index (χ1v) is 4.85. The van der Waals surface area contributed by atoms with E-state index in [0.29, 0.717) is 17.7 Å². The third kappa shape index (κ3) is 1.45. The first-order valence-electron chi connectivity index (χ1n) is 4.85. The van der Waals surface area contributed by atoms with Gasteiger partial charge in [0, 0.05) is 18.5 Å². The summed E-state index contributed by atoms with van der Waals surface area (Å²) in [4.78, 5) is 22.2. The highest BCUT2D eigenvalue weighted by Gasteiger charge is 2.61. The molecule has 90 valence electrons. The van der Waals surface area contributed by atoms with Gasteiger partial charge < -0.3 is 10.0 Å². The van der Waals surface area contributed by atoms with Crippen LogP contribution in [0.15, 0.2) is 0 Å². The van der Waals surface area contributed by atoms with Crippen LogP contribution >= 0.6 is 0 Å². The SMILES string of the molecule is O=C(O)C1CCC12CN(C(=O)C(F)(F)F)C2. The number of hydrogen-bond acceptors (Lipinski definition) is 2. The Kier molecular flexibility index (Phi) is 2.18. The van der Waals surface area contributed by atoms with Gasteiger partial charge in [-0.15, -0.1) is 0 Å². The quantitative estimate of drug-likeness (QED) is 0.736. The monoisotopic (exact) mass is 237 g/mol. The number of rotatable bonds is 1. The zero-order valence-corrected chi connectivity index (χ0v) is 8.25. The third-order valence-corrected chi connectivity index (χ3v) is 3.51. The van der Waals surface area contributed by atoms with Gasteiger partial charge in [0.25, 0.3) is 0 Å². The average molecular weight is 237 g/mol. The summed E-state index contributed by atoms with van der Waals surface area (Å²) in [6.45, 7) is -0.162. The molecule has 0 aromatic carbocycles. The number of nitrogens with zero attached hydrogens (tertiary/aromatic N) is 1. The number of aliphatic carboxylic acids is 1. The van der Waals surface area contributed by atoms with Crippen LogP contribution in [0.2, 0.25) is 0 Å². The minimum Gasteiger partial charge on any atom is -0.481 e. The maximum Gasteiger partial charge on any atom is 0.471 e. The second-order valence-electron chi connectivity index (χ2n) is 4.45.